The first-order valence-electron chi connectivity index (χ1n) is 4.80. The van der Waals surface area contributed by atoms with Crippen LogP contribution in [0.4, 0.5) is 9.52 Å². The molecule has 3 N–H and O–H groups in total. The summed E-state index contributed by atoms with van der Waals surface area (Å²) in [6, 6.07) is 3.42. The highest BCUT2D eigenvalue weighted by molar-refractivity contribution is 7.93. The average Bonchev–Trinajstić information content (AvgIpc) is 2.81. The van der Waals surface area contributed by atoms with Gasteiger partial charge >= 0.3 is 0 Å². The van der Waals surface area contributed by atoms with Gasteiger partial charge in [0.25, 0.3) is 10.0 Å². The van der Waals surface area contributed by atoms with Crippen molar-refractivity contribution >= 4 is 26.5 Å². The molecule has 0 saturated carbocycles. The topological polar surface area (TPSA) is 98.0 Å². The summed E-state index contributed by atoms with van der Waals surface area (Å²) >= 11 is 1.02. The first-order valence-corrected chi connectivity index (χ1v) is 7.16. The molecule has 0 amide bonds. The fourth-order valence-electron chi connectivity index (χ4n) is 1.33. The molecule has 6 nitrogen and oxygen atoms in total. The molecule has 1 aromatic heterocycles. The molecule has 2 rings (SSSR count). The van der Waals surface area contributed by atoms with E-state index in [1.807, 2.05) is 0 Å². The van der Waals surface area contributed by atoms with Gasteiger partial charge in [0.05, 0.1) is 4.90 Å². The number of anilines is 1. The van der Waals surface area contributed by atoms with Crippen LogP contribution in [0.5, 0.6) is 0 Å². The molecule has 0 aliphatic rings. The second kappa shape index (κ2) is 4.96. The summed E-state index contributed by atoms with van der Waals surface area (Å²) in [6.07, 6.45) is 0. The lowest BCUT2D eigenvalue weighted by Gasteiger charge is -2.09. The summed E-state index contributed by atoms with van der Waals surface area (Å²) in [4.78, 5) is -0.194. The lowest BCUT2D eigenvalue weighted by atomic mass is 10.2. The van der Waals surface area contributed by atoms with E-state index in [0.717, 1.165) is 23.5 Å². The Labute approximate surface area is 107 Å². The van der Waals surface area contributed by atoms with Crippen molar-refractivity contribution in [3.63, 3.8) is 0 Å². The predicted octanol–water partition coefficient (Wildman–Crippen LogP) is 0.937. The van der Waals surface area contributed by atoms with E-state index in [-0.39, 0.29) is 16.6 Å². The van der Waals surface area contributed by atoms with E-state index in [9.17, 15) is 12.8 Å². The fraction of sp³-hybridized carbons (Fsp3) is 0.111. The molecule has 0 radical (unpaired) electrons. The highest BCUT2D eigenvalue weighted by Crippen LogP contribution is 2.21. The van der Waals surface area contributed by atoms with Crippen LogP contribution in [0.15, 0.2) is 28.6 Å². The minimum absolute atomic E-state index is 0.00730. The van der Waals surface area contributed by atoms with Crippen molar-refractivity contribution in [1.29, 1.82) is 0 Å². The zero-order valence-corrected chi connectivity index (χ0v) is 10.6. The van der Waals surface area contributed by atoms with Gasteiger partial charge in [-0.3, -0.25) is 4.72 Å². The second-order valence-corrected chi connectivity index (χ2v) is 5.79. The number of aromatic nitrogens is 2. The number of nitrogens with two attached hydrogens (primary N) is 1. The van der Waals surface area contributed by atoms with Gasteiger partial charge in [-0.1, -0.05) is 17.4 Å². The molecule has 0 bridgehead atoms. The number of hydrogen-bond donors (Lipinski definition) is 2. The Balaban J connectivity index is 2.43. The van der Waals surface area contributed by atoms with Gasteiger partial charge in [-0.15, -0.1) is 10.2 Å². The number of sulfonamides is 1. The molecule has 0 spiro atoms. The second-order valence-electron chi connectivity index (χ2n) is 3.31. The summed E-state index contributed by atoms with van der Waals surface area (Å²) in [5, 5.41) is 7.17. The third-order valence-electron chi connectivity index (χ3n) is 2.12. The van der Waals surface area contributed by atoms with Gasteiger partial charge in [0, 0.05) is 6.54 Å². The Morgan fingerprint density at radius 2 is 2.22 bits per heavy atom. The van der Waals surface area contributed by atoms with Crippen LogP contribution in [0.25, 0.3) is 0 Å². The zero-order chi connectivity index (χ0) is 13.2. The monoisotopic (exact) mass is 288 g/mol. The zero-order valence-electron chi connectivity index (χ0n) is 9.00. The lowest BCUT2D eigenvalue weighted by molar-refractivity contribution is 0.593. The number of halogens is 1. The van der Waals surface area contributed by atoms with Gasteiger partial charge in [-0.25, -0.2) is 12.8 Å². The molecule has 1 aromatic carbocycles. The molecule has 0 aliphatic heterocycles. The van der Waals surface area contributed by atoms with Crippen LogP contribution in [0.2, 0.25) is 0 Å². The molecule has 0 atom stereocenters. The Hall–Kier alpha value is -1.58. The van der Waals surface area contributed by atoms with E-state index in [1.54, 1.807) is 0 Å². The van der Waals surface area contributed by atoms with Crippen molar-refractivity contribution in [2.24, 2.45) is 5.73 Å². The number of benzene rings is 1. The molecule has 0 unspecified atom stereocenters. The first-order chi connectivity index (χ1) is 8.53. The molecule has 0 saturated heterocycles. The van der Waals surface area contributed by atoms with Gasteiger partial charge in [-0.2, -0.15) is 0 Å². The van der Waals surface area contributed by atoms with Crippen LogP contribution in [0.3, 0.4) is 0 Å². The molecule has 9 heteroatoms. The minimum Gasteiger partial charge on any atom is -0.326 e. The van der Waals surface area contributed by atoms with Gasteiger partial charge in [0.2, 0.25) is 5.13 Å². The van der Waals surface area contributed by atoms with Crippen molar-refractivity contribution in [3.8, 4) is 0 Å². The van der Waals surface area contributed by atoms with Crippen molar-refractivity contribution in [2.45, 2.75) is 11.4 Å². The van der Waals surface area contributed by atoms with E-state index < -0.39 is 15.8 Å². The minimum atomic E-state index is -3.91. The number of rotatable bonds is 4. The molecule has 96 valence electrons. The summed E-state index contributed by atoms with van der Waals surface area (Å²) in [5.74, 6) is -0.648. The molecular weight excluding hydrogens is 279 g/mol. The van der Waals surface area contributed by atoms with Gasteiger partial charge in [0.15, 0.2) is 0 Å². The number of nitrogens with one attached hydrogen (secondary N) is 1. The molecular formula is C9H9FN4O2S2. The van der Waals surface area contributed by atoms with Crippen molar-refractivity contribution in [2.75, 3.05) is 4.72 Å². The smallest absolute Gasteiger partial charge is 0.264 e. The highest BCUT2D eigenvalue weighted by atomic mass is 32.2. The Bertz CT molecular complexity index is 643. The summed E-state index contributed by atoms with van der Waals surface area (Å²) in [7, 11) is -3.91. The highest BCUT2D eigenvalue weighted by Gasteiger charge is 2.20. The standard InChI is InChI=1S/C9H9FN4O2S2/c10-7-2-1-6(4-11)8(3-7)18(15,16)14-9-13-12-5-17-9/h1-3,5H,4,11H2,(H,13,14). The molecule has 0 fully saturated rings. The number of hydrogen-bond acceptors (Lipinski definition) is 6. The Kier molecular flexibility index (Phi) is 3.55. The maximum absolute atomic E-state index is 13.1. The van der Waals surface area contributed by atoms with Crippen LogP contribution in [-0.4, -0.2) is 18.6 Å². The van der Waals surface area contributed by atoms with Crippen LogP contribution < -0.4 is 10.5 Å². The van der Waals surface area contributed by atoms with E-state index >= 15 is 0 Å². The average molecular weight is 288 g/mol. The Morgan fingerprint density at radius 3 is 2.83 bits per heavy atom. The summed E-state index contributed by atoms with van der Waals surface area (Å²) < 4.78 is 39.4. The van der Waals surface area contributed by atoms with Crippen LogP contribution in [0.1, 0.15) is 5.56 Å². The third-order valence-corrected chi connectivity index (χ3v) is 4.28. The quantitative estimate of drug-likeness (QED) is 0.872. The predicted molar refractivity (Wildman–Crippen MR) is 65.0 cm³/mol. The van der Waals surface area contributed by atoms with Gasteiger partial charge < -0.3 is 5.73 Å². The van der Waals surface area contributed by atoms with Crippen LogP contribution in [0, 0.1) is 5.82 Å². The number of nitrogens with zero attached hydrogens (tertiary/aromatic N) is 2. The molecule has 1 heterocycles. The van der Waals surface area contributed by atoms with E-state index in [0.29, 0.717) is 5.56 Å². The van der Waals surface area contributed by atoms with E-state index in [4.69, 9.17) is 5.73 Å². The Morgan fingerprint density at radius 1 is 1.44 bits per heavy atom. The van der Waals surface area contributed by atoms with Crippen molar-refractivity contribution in [3.05, 3.63) is 35.1 Å². The van der Waals surface area contributed by atoms with Gasteiger partial charge in [-0.05, 0) is 17.7 Å². The maximum Gasteiger partial charge on any atom is 0.264 e. The van der Waals surface area contributed by atoms with Crippen LogP contribution >= 0.6 is 11.3 Å². The fourth-order valence-corrected chi connectivity index (χ4v) is 3.29. The summed E-state index contributed by atoms with van der Waals surface area (Å²) in [5.41, 5.74) is 7.14. The molecule has 0 aliphatic carbocycles. The largest absolute Gasteiger partial charge is 0.326 e. The third kappa shape index (κ3) is 2.63. The molecule has 2 aromatic rings. The van der Waals surface area contributed by atoms with Crippen LogP contribution in [-0.2, 0) is 16.6 Å². The van der Waals surface area contributed by atoms with E-state index in [1.165, 1.54) is 11.6 Å². The normalized spacial score (nSPS) is 11.4. The van der Waals surface area contributed by atoms with Crippen molar-refractivity contribution in [1.82, 2.24) is 10.2 Å². The lowest BCUT2D eigenvalue weighted by Crippen LogP contribution is -2.16. The van der Waals surface area contributed by atoms with Gasteiger partial charge in [0.1, 0.15) is 11.3 Å². The molecule has 18 heavy (non-hydrogen) atoms. The van der Waals surface area contributed by atoms with E-state index in [2.05, 4.69) is 14.9 Å². The maximum atomic E-state index is 13.1. The first kappa shape index (κ1) is 12.9. The SMILES string of the molecule is NCc1ccc(F)cc1S(=O)(=O)Nc1nncs1. The summed E-state index contributed by atoms with van der Waals surface area (Å²) in [6.45, 7) is -0.00730. The van der Waals surface area contributed by atoms with Crippen molar-refractivity contribution < 1.29 is 12.8 Å².